The number of hydrogen-bond acceptors (Lipinski definition) is 5. The molecule has 4 nitrogen and oxygen atoms in total. The summed E-state index contributed by atoms with van der Waals surface area (Å²) in [5.41, 5.74) is 2.80. The van der Waals surface area contributed by atoms with Gasteiger partial charge in [0.05, 0.1) is 18.9 Å². The molecule has 1 heterocycles. The van der Waals surface area contributed by atoms with Crippen molar-refractivity contribution < 1.29 is 18.7 Å². The summed E-state index contributed by atoms with van der Waals surface area (Å²) in [4.78, 5) is 14.6. The third-order valence-corrected chi connectivity index (χ3v) is 6.73. The van der Waals surface area contributed by atoms with Gasteiger partial charge in [0.1, 0.15) is 28.2 Å². The highest BCUT2D eigenvalue weighted by molar-refractivity contribution is 8.24. The lowest BCUT2D eigenvalue weighted by molar-refractivity contribution is -0.126. The molecule has 32 heavy (non-hydrogen) atoms. The van der Waals surface area contributed by atoms with E-state index in [1.807, 2.05) is 54.6 Å². The number of thiocarbonyl (C=S) groups is 1. The lowest BCUT2D eigenvalue weighted by atomic mass is 10.1. The van der Waals surface area contributed by atoms with Crippen molar-refractivity contribution in [2.24, 2.45) is 0 Å². The molecule has 0 spiro atoms. The van der Waals surface area contributed by atoms with E-state index in [0.29, 0.717) is 29.6 Å². The summed E-state index contributed by atoms with van der Waals surface area (Å²) in [7, 11) is 1.62. The lowest BCUT2D eigenvalue weighted by Gasteiger charge is -2.16. The van der Waals surface area contributed by atoms with Gasteiger partial charge in [0.2, 0.25) is 5.91 Å². The SMILES string of the molecule is COc1ccc(CN2C(=O)[C@H](Cc3ccc(OCc4cccc(F)c4)cc3)SC2=S)cc1. The van der Waals surface area contributed by atoms with Crippen LogP contribution >= 0.6 is 24.0 Å². The minimum Gasteiger partial charge on any atom is -0.497 e. The standard InChI is InChI=1S/C25H22FNO3S2/c1-29-21-9-7-18(8-10-21)15-27-24(28)23(32-25(27)31)14-17-5-11-22(12-6-17)30-16-19-3-2-4-20(26)13-19/h2-13,23H,14-16H2,1H3/t23-/m0/s1. The molecule has 0 N–H and O–H groups in total. The summed E-state index contributed by atoms with van der Waals surface area (Å²) in [6.07, 6.45) is 0.590. The minimum absolute atomic E-state index is 0.0299. The summed E-state index contributed by atoms with van der Waals surface area (Å²) in [5.74, 6) is 1.22. The van der Waals surface area contributed by atoms with Crippen molar-refractivity contribution in [2.75, 3.05) is 7.11 Å². The third kappa shape index (κ3) is 5.47. The molecule has 3 aromatic carbocycles. The van der Waals surface area contributed by atoms with Crippen molar-refractivity contribution >= 4 is 34.2 Å². The smallest absolute Gasteiger partial charge is 0.242 e. The van der Waals surface area contributed by atoms with Crippen LogP contribution in [0.25, 0.3) is 0 Å². The van der Waals surface area contributed by atoms with Crippen molar-refractivity contribution in [1.29, 1.82) is 0 Å². The highest BCUT2D eigenvalue weighted by Crippen LogP contribution is 2.31. The molecule has 0 aliphatic carbocycles. The molecule has 164 valence electrons. The summed E-state index contributed by atoms with van der Waals surface area (Å²) < 4.78 is 24.8. The number of benzene rings is 3. The molecule has 7 heteroatoms. The number of methoxy groups -OCH3 is 1. The second-order valence-electron chi connectivity index (χ2n) is 7.41. The van der Waals surface area contributed by atoms with E-state index in [1.54, 1.807) is 18.1 Å². The third-order valence-electron chi connectivity index (χ3n) is 5.14. The van der Waals surface area contributed by atoms with Crippen molar-refractivity contribution in [3.05, 3.63) is 95.3 Å². The van der Waals surface area contributed by atoms with E-state index in [9.17, 15) is 9.18 Å². The summed E-state index contributed by atoms with van der Waals surface area (Å²) in [5, 5.41) is -0.236. The number of carbonyl (C=O) groups is 1. The van der Waals surface area contributed by atoms with Gasteiger partial charge in [-0.3, -0.25) is 9.69 Å². The highest BCUT2D eigenvalue weighted by Gasteiger charge is 2.36. The molecule has 1 atom stereocenters. The second kappa shape index (κ2) is 10.1. The molecule has 4 rings (SSSR count). The molecule has 3 aromatic rings. The van der Waals surface area contributed by atoms with E-state index >= 15 is 0 Å². The largest absolute Gasteiger partial charge is 0.497 e. The van der Waals surface area contributed by atoms with Gasteiger partial charge in [-0.1, -0.05) is 60.4 Å². The molecule has 0 radical (unpaired) electrons. The summed E-state index contributed by atoms with van der Waals surface area (Å²) >= 11 is 6.90. The van der Waals surface area contributed by atoms with E-state index in [0.717, 1.165) is 22.4 Å². The fourth-order valence-electron chi connectivity index (χ4n) is 3.41. The maximum atomic E-state index is 13.3. The van der Waals surface area contributed by atoms with Crippen LogP contribution in [0.5, 0.6) is 11.5 Å². The van der Waals surface area contributed by atoms with Crippen LogP contribution in [-0.4, -0.2) is 27.5 Å². The molecule has 1 fully saturated rings. The highest BCUT2D eigenvalue weighted by atomic mass is 32.2. The van der Waals surface area contributed by atoms with Gasteiger partial charge in [-0.25, -0.2) is 4.39 Å². The average Bonchev–Trinajstić information content (AvgIpc) is 3.06. The number of amides is 1. The van der Waals surface area contributed by atoms with E-state index in [1.165, 1.54) is 23.9 Å². The van der Waals surface area contributed by atoms with Crippen molar-refractivity contribution in [1.82, 2.24) is 4.90 Å². The molecular formula is C25H22FNO3S2. The van der Waals surface area contributed by atoms with Gasteiger partial charge in [0, 0.05) is 0 Å². The fraction of sp³-hybridized carbons (Fsp3) is 0.200. The molecule has 0 bridgehead atoms. The van der Waals surface area contributed by atoms with Crippen LogP contribution in [0.1, 0.15) is 16.7 Å². The van der Waals surface area contributed by atoms with Crippen LogP contribution in [0.2, 0.25) is 0 Å². The van der Waals surface area contributed by atoms with E-state index in [4.69, 9.17) is 21.7 Å². The Hall–Kier alpha value is -2.90. The van der Waals surface area contributed by atoms with Crippen LogP contribution in [-0.2, 0) is 24.4 Å². The first-order chi connectivity index (χ1) is 15.5. The van der Waals surface area contributed by atoms with Crippen LogP contribution in [0.3, 0.4) is 0 Å². The Morgan fingerprint density at radius 3 is 2.34 bits per heavy atom. The van der Waals surface area contributed by atoms with Gasteiger partial charge in [0.25, 0.3) is 0 Å². The first-order valence-electron chi connectivity index (χ1n) is 10.1. The molecule has 0 aromatic heterocycles. The Morgan fingerprint density at radius 2 is 1.66 bits per heavy atom. The monoisotopic (exact) mass is 467 g/mol. The van der Waals surface area contributed by atoms with Gasteiger partial charge in [-0.2, -0.15) is 0 Å². The van der Waals surface area contributed by atoms with Crippen molar-refractivity contribution in [3.63, 3.8) is 0 Å². The van der Waals surface area contributed by atoms with Crippen molar-refractivity contribution in [2.45, 2.75) is 24.8 Å². The second-order valence-corrected chi connectivity index (χ2v) is 9.25. The predicted molar refractivity (Wildman–Crippen MR) is 128 cm³/mol. The maximum absolute atomic E-state index is 13.3. The number of halogens is 1. The van der Waals surface area contributed by atoms with E-state index in [2.05, 4.69) is 0 Å². The molecule has 1 saturated heterocycles. The van der Waals surface area contributed by atoms with Crippen LogP contribution in [0.4, 0.5) is 4.39 Å². The minimum atomic E-state index is -0.279. The molecule has 1 aliphatic heterocycles. The Balaban J connectivity index is 1.33. The van der Waals surface area contributed by atoms with Crippen LogP contribution in [0.15, 0.2) is 72.8 Å². The predicted octanol–water partition coefficient (Wildman–Crippen LogP) is 5.38. The number of hydrogen-bond donors (Lipinski definition) is 0. The molecular weight excluding hydrogens is 445 g/mol. The van der Waals surface area contributed by atoms with Gasteiger partial charge in [-0.15, -0.1) is 0 Å². The van der Waals surface area contributed by atoms with E-state index < -0.39 is 0 Å². The molecule has 1 aliphatic rings. The normalized spacial score (nSPS) is 15.8. The van der Waals surface area contributed by atoms with Crippen LogP contribution in [0, 0.1) is 5.82 Å². The Morgan fingerprint density at radius 1 is 0.969 bits per heavy atom. The van der Waals surface area contributed by atoms with Gasteiger partial charge in [0.15, 0.2) is 0 Å². The van der Waals surface area contributed by atoms with E-state index in [-0.39, 0.29) is 17.0 Å². The van der Waals surface area contributed by atoms with Crippen molar-refractivity contribution in [3.8, 4) is 11.5 Å². The first-order valence-corrected chi connectivity index (χ1v) is 11.4. The molecule has 0 unspecified atom stereocenters. The summed E-state index contributed by atoms with van der Waals surface area (Å²) in [6, 6.07) is 21.6. The number of ether oxygens (including phenoxy) is 2. The zero-order chi connectivity index (χ0) is 22.5. The van der Waals surface area contributed by atoms with Gasteiger partial charge >= 0.3 is 0 Å². The first kappa shape index (κ1) is 22.3. The molecule has 0 saturated carbocycles. The Labute approximate surface area is 196 Å². The topological polar surface area (TPSA) is 38.8 Å². The maximum Gasteiger partial charge on any atom is 0.242 e. The Bertz CT molecular complexity index is 1100. The zero-order valence-electron chi connectivity index (χ0n) is 17.5. The fourth-order valence-corrected chi connectivity index (χ4v) is 4.95. The number of rotatable bonds is 8. The van der Waals surface area contributed by atoms with Gasteiger partial charge in [-0.05, 0) is 59.5 Å². The number of thioether (sulfide) groups is 1. The average molecular weight is 468 g/mol. The number of carbonyl (C=O) groups excluding carboxylic acids is 1. The quantitative estimate of drug-likeness (QED) is 0.416. The lowest BCUT2D eigenvalue weighted by Crippen LogP contribution is -2.31. The zero-order valence-corrected chi connectivity index (χ0v) is 19.1. The Kier molecular flexibility index (Phi) is 7.07. The summed E-state index contributed by atoms with van der Waals surface area (Å²) in [6.45, 7) is 0.751. The van der Waals surface area contributed by atoms with Crippen LogP contribution < -0.4 is 9.47 Å². The number of nitrogens with zero attached hydrogens (tertiary/aromatic N) is 1. The molecule has 1 amide bonds. The van der Waals surface area contributed by atoms with Gasteiger partial charge < -0.3 is 9.47 Å².